The van der Waals surface area contributed by atoms with Crippen LogP contribution in [0, 0.1) is 17.0 Å². The van der Waals surface area contributed by atoms with E-state index in [1.54, 1.807) is 17.8 Å². The van der Waals surface area contributed by atoms with Gasteiger partial charge >= 0.3 is 0 Å². The summed E-state index contributed by atoms with van der Waals surface area (Å²) < 4.78 is 7.23. The van der Waals surface area contributed by atoms with Crippen molar-refractivity contribution in [2.24, 2.45) is 7.05 Å². The molecule has 8 heteroatoms. The summed E-state index contributed by atoms with van der Waals surface area (Å²) in [5, 5.41) is 18.0. The van der Waals surface area contributed by atoms with Crippen molar-refractivity contribution < 1.29 is 14.5 Å². The summed E-state index contributed by atoms with van der Waals surface area (Å²) in [6, 6.07) is 15.7. The number of amides is 1. The van der Waals surface area contributed by atoms with Crippen LogP contribution in [-0.2, 0) is 18.3 Å². The standard InChI is InChI=1S/C20H20N4O4/c1-14-10-19(23(2)22-14)21-20(25)13-28-18-9-8-17(24(26)27)12-16(18)11-15-6-4-3-5-7-15/h3-10,12H,11,13H2,1-2H3,(H,21,25). The minimum absolute atomic E-state index is 0.0203. The Labute approximate surface area is 161 Å². The first-order valence-corrected chi connectivity index (χ1v) is 8.67. The number of aromatic nitrogens is 2. The number of hydrogen-bond donors (Lipinski definition) is 1. The molecular formula is C20H20N4O4. The van der Waals surface area contributed by atoms with Gasteiger partial charge < -0.3 is 10.1 Å². The van der Waals surface area contributed by atoms with Crippen LogP contribution in [0.3, 0.4) is 0 Å². The lowest BCUT2D eigenvalue weighted by atomic mass is 10.0. The molecule has 0 saturated carbocycles. The number of hydrogen-bond acceptors (Lipinski definition) is 5. The van der Waals surface area contributed by atoms with E-state index in [0.29, 0.717) is 23.6 Å². The van der Waals surface area contributed by atoms with Gasteiger partial charge in [0.1, 0.15) is 11.6 Å². The number of carbonyl (C=O) groups excluding carboxylic acids is 1. The molecule has 0 aliphatic rings. The van der Waals surface area contributed by atoms with Crippen LogP contribution < -0.4 is 10.1 Å². The first kappa shape index (κ1) is 19.1. The number of benzene rings is 2. The van der Waals surface area contributed by atoms with E-state index < -0.39 is 4.92 Å². The minimum Gasteiger partial charge on any atom is -0.483 e. The number of rotatable bonds is 7. The third kappa shape index (κ3) is 4.73. The summed E-state index contributed by atoms with van der Waals surface area (Å²) in [5.74, 6) is 0.664. The number of nitro benzene ring substituents is 1. The smallest absolute Gasteiger partial charge is 0.269 e. The van der Waals surface area contributed by atoms with Gasteiger partial charge in [0.05, 0.1) is 10.6 Å². The molecule has 0 aliphatic carbocycles. The summed E-state index contributed by atoms with van der Waals surface area (Å²) in [6.45, 7) is 1.61. The number of aryl methyl sites for hydroxylation is 2. The van der Waals surface area contributed by atoms with E-state index in [9.17, 15) is 14.9 Å². The zero-order valence-electron chi connectivity index (χ0n) is 15.6. The Morgan fingerprint density at radius 3 is 2.61 bits per heavy atom. The highest BCUT2D eigenvalue weighted by Gasteiger charge is 2.14. The molecule has 0 spiro atoms. The fourth-order valence-electron chi connectivity index (χ4n) is 2.82. The van der Waals surface area contributed by atoms with E-state index in [1.807, 2.05) is 37.3 Å². The zero-order valence-corrected chi connectivity index (χ0v) is 15.6. The molecule has 8 nitrogen and oxygen atoms in total. The van der Waals surface area contributed by atoms with Crippen molar-refractivity contribution in [3.05, 3.63) is 81.5 Å². The van der Waals surface area contributed by atoms with Crippen LogP contribution in [-0.4, -0.2) is 27.2 Å². The van der Waals surface area contributed by atoms with Gasteiger partial charge in [-0.15, -0.1) is 0 Å². The molecule has 1 heterocycles. The fourth-order valence-corrected chi connectivity index (χ4v) is 2.82. The normalized spacial score (nSPS) is 10.5. The Kier molecular flexibility index (Phi) is 5.69. The molecule has 3 aromatic rings. The molecule has 0 atom stereocenters. The third-order valence-electron chi connectivity index (χ3n) is 4.12. The van der Waals surface area contributed by atoms with Gasteiger partial charge in [-0.25, -0.2) is 0 Å². The van der Waals surface area contributed by atoms with Crippen LogP contribution in [0.1, 0.15) is 16.8 Å². The Morgan fingerprint density at radius 1 is 1.21 bits per heavy atom. The van der Waals surface area contributed by atoms with Crippen molar-refractivity contribution in [2.75, 3.05) is 11.9 Å². The lowest BCUT2D eigenvalue weighted by Gasteiger charge is -2.12. The van der Waals surface area contributed by atoms with Gasteiger partial charge in [0.15, 0.2) is 6.61 Å². The summed E-state index contributed by atoms with van der Waals surface area (Å²) in [6.07, 6.45) is 0.459. The maximum Gasteiger partial charge on any atom is 0.269 e. The molecule has 1 aromatic heterocycles. The van der Waals surface area contributed by atoms with Crippen LogP contribution in [0.15, 0.2) is 54.6 Å². The predicted molar refractivity (Wildman–Crippen MR) is 104 cm³/mol. The summed E-state index contributed by atoms with van der Waals surface area (Å²) in [7, 11) is 1.73. The summed E-state index contributed by atoms with van der Waals surface area (Å²) in [5.41, 5.74) is 2.40. The maximum absolute atomic E-state index is 12.2. The van der Waals surface area contributed by atoms with Crippen LogP contribution in [0.5, 0.6) is 5.75 Å². The van der Waals surface area contributed by atoms with Gasteiger partial charge in [-0.3, -0.25) is 19.6 Å². The van der Waals surface area contributed by atoms with Crippen molar-refractivity contribution in [1.82, 2.24) is 9.78 Å². The highest BCUT2D eigenvalue weighted by atomic mass is 16.6. The molecule has 144 valence electrons. The topological polar surface area (TPSA) is 99.3 Å². The van der Waals surface area contributed by atoms with Gasteiger partial charge in [-0.1, -0.05) is 30.3 Å². The molecule has 28 heavy (non-hydrogen) atoms. The zero-order chi connectivity index (χ0) is 20.1. The molecule has 1 amide bonds. The molecule has 0 radical (unpaired) electrons. The molecule has 0 aliphatic heterocycles. The van der Waals surface area contributed by atoms with Crippen LogP contribution in [0.2, 0.25) is 0 Å². The second-order valence-electron chi connectivity index (χ2n) is 6.34. The monoisotopic (exact) mass is 380 g/mol. The van der Waals surface area contributed by atoms with Gasteiger partial charge in [0.25, 0.3) is 11.6 Å². The molecule has 0 fully saturated rings. The average Bonchev–Trinajstić information content (AvgIpc) is 2.98. The first-order valence-electron chi connectivity index (χ1n) is 8.67. The van der Waals surface area contributed by atoms with Crippen molar-refractivity contribution >= 4 is 17.4 Å². The predicted octanol–water partition coefficient (Wildman–Crippen LogP) is 3.25. The lowest BCUT2D eigenvalue weighted by molar-refractivity contribution is -0.384. The maximum atomic E-state index is 12.2. The van der Waals surface area contributed by atoms with E-state index in [4.69, 9.17) is 4.74 Å². The number of ether oxygens (including phenoxy) is 1. The second kappa shape index (κ2) is 8.34. The van der Waals surface area contributed by atoms with Crippen molar-refractivity contribution in [1.29, 1.82) is 0 Å². The fraction of sp³-hybridized carbons (Fsp3) is 0.200. The number of nitro groups is 1. The minimum atomic E-state index is -0.449. The Morgan fingerprint density at radius 2 is 1.96 bits per heavy atom. The second-order valence-corrected chi connectivity index (χ2v) is 6.34. The van der Waals surface area contributed by atoms with Gasteiger partial charge in [0.2, 0.25) is 0 Å². The number of nitrogens with one attached hydrogen (secondary N) is 1. The molecule has 0 saturated heterocycles. The Hall–Kier alpha value is -3.68. The summed E-state index contributed by atoms with van der Waals surface area (Å²) in [4.78, 5) is 22.9. The molecule has 2 aromatic carbocycles. The van der Waals surface area contributed by atoms with Crippen LogP contribution in [0.25, 0.3) is 0 Å². The summed E-state index contributed by atoms with van der Waals surface area (Å²) >= 11 is 0. The van der Waals surface area contributed by atoms with Crippen molar-refractivity contribution in [2.45, 2.75) is 13.3 Å². The van der Waals surface area contributed by atoms with E-state index in [1.165, 1.54) is 18.2 Å². The lowest BCUT2D eigenvalue weighted by Crippen LogP contribution is -2.22. The number of non-ortho nitro benzene ring substituents is 1. The molecule has 0 bridgehead atoms. The van der Waals surface area contributed by atoms with Gasteiger partial charge in [-0.05, 0) is 18.6 Å². The SMILES string of the molecule is Cc1cc(NC(=O)COc2ccc([N+](=O)[O-])cc2Cc2ccccc2)n(C)n1. The third-order valence-corrected chi connectivity index (χ3v) is 4.12. The average molecular weight is 380 g/mol. The molecular weight excluding hydrogens is 360 g/mol. The first-order chi connectivity index (χ1) is 13.4. The number of anilines is 1. The van der Waals surface area contributed by atoms with Crippen LogP contribution in [0.4, 0.5) is 11.5 Å². The van der Waals surface area contributed by atoms with E-state index in [-0.39, 0.29) is 18.2 Å². The van der Waals surface area contributed by atoms with E-state index >= 15 is 0 Å². The molecule has 0 unspecified atom stereocenters. The van der Waals surface area contributed by atoms with E-state index in [2.05, 4.69) is 10.4 Å². The molecule has 3 rings (SSSR count). The van der Waals surface area contributed by atoms with Crippen molar-refractivity contribution in [3.8, 4) is 5.75 Å². The number of nitrogens with zero attached hydrogens (tertiary/aromatic N) is 3. The number of carbonyl (C=O) groups is 1. The highest BCUT2D eigenvalue weighted by molar-refractivity contribution is 5.91. The van der Waals surface area contributed by atoms with Gasteiger partial charge in [-0.2, -0.15) is 5.10 Å². The largest absolute Gasteiger partial charge is 0.483 e. The van der Waals surface area contributed by atoms with Gasteiger partial charge in [0, 0.05) is 37.2 Å². The quantitative estimate of drug-likeness (QED) is 0.501. The van der Waals surface area contributed by atoms with Crippen molar-refractivity contribution in [3.63, 3.8) is 0 Å². The van der Waals surface area contributed by atoms with Crippen LogP contribution >= 0.6 is 0 Å². The Bertz CT molecular complexity index is 999. The molecule has 1 N–H and O–H groups in total. The Balaban J connectivity index is 1.74. The highest BCUT2D eigenvalue weighted by Crippen LogP contribution is 2.26. The van der Waals surface area contributed by atoms with E-state index in [0.717, 1.165) is 11.3 Å².